The summed E-state index contributed by atoms with van der Waals surface area (Å²) in [4.78, 5) is 10.3. The Hall–Kier alpha value is -6.78. The summed E-state index contributed by atoms with van der Waals surface area (Å²) in [5.41, 5.74) is 8.83. The second-order valence-electron chi connectivity index (χ2n) is 12.9. The summed E-state index contributed by atoms with van der Waals surface area (Å²) in [7, 11) is 0. The lowest BCUT2D eigenvalue weighted by Gasteiger charge is -2.12. The van der Waals surface area contributed by atoms with Gasteiger partial charge in [-0.1, -0.05) is 133 Å². The van der Waals surface area contributed by atoms with Crippen molar-refractivity contribution in [3.05, 3.63) is 164 Å². The lowest BCUT2D eigenvalue weighted by atomic mass is 9.97. The first-order chi connectivity index (χ1) is 24.8. The van der Waals surface area contributed by atoms with E-state index in [1.807, 2.05) is 24.3 Å². The smallest absolute Gasteiger partial charge is 0.160 e. The minimum atomic E-state index is 0.690. The highest BCUT2D eigenvalue weighted by atomic mass is 16.3. The highest BCUT2D eigenvalue weighted by Gasteiger charge is 2.24. The third-order valence-electron chi connectivity index (χ3n) is 10.1. The van der Waals surface area contributed by atoms with Crippen LogP contribution in [0.5, 0.6) is 0 Å². The van der Waals surface area contributed by atoms with Gasteiger partial charge in [0, 0.05) is 43.7 Å². The molecule has 8 aromatic carbocycles. The lowest BCUT2D eigenvalue weighted by molar-refractivity contribution is 0.671. The molecule has 0 saturated carbocycles. The molecule has 0 fully saturated rings. The fourth-order valence-electron chi connectivity index (χ4n) is 8.01. The SMILES string of the molecule is c1ccc(-c2nc(-c3cccc(-n4c5ccc6ccccc6c5c5c6ccccc6c6c7ccccc7oc6c54)c3)nc3ccccc23)cc1. The van der Waals surface area contributed by atoms with Crippen LogP contribution in [0, 0.1) is 0 Å². The van der Waals surface area contributed by atoms with Crippen molar-refractivity contribution in [1.29, 1.82) is 0 Å². The Morgan fingerprint density at radius 3 is 2.00 bits per heavy atom. The van der Waals surface area contributed by atoms with E-state index < -0.39 is 0 Å². The summed E-state index contributed by atoms with van der Waals surface area (Å²) in [6, 6.07) is 57.6. The van der Waals surface area contributed by atoms with E-state index in [1.54, 1.807) is 0 Å². The van der Waals surface area contributed by atoms with Crippen molar-refractivity contribution >= 4 is 76.2 Å². The van der Waals surface area contributed by atoms with E-state index in [0.29, 0.717) is 5.82 Å². The van der Waals surface area contributed by atoms with Crippen LogP contribution in [0.4, 0.5) is 0 Å². The molecule has 0 radical (unpaired) electrons. The molecule has 4 heteroatoms. The van der Waals surface area contributed by atoms with Gasteiger partial charge in [0.05, 0.1) is 22.2 Å². The van der Waals surface area contributed by atoms with Gasteiger partial charge in [-0.25, -0.2) is 9.97 Å². The molecule has 0 spiro atoms. The van der Waals surface area contributed by atoms with Gasteiger partial charge in [0.1, 0.15) is 5.58 Å². The average Bonchev–Trinajstić information content (AvgIpc) is 3.75. The van der Waals surface area contributed by atoms with Gasteiger partial charge in [-0.15, -0.1) is 0 Å². The van der Waals surface area contributed by atoms with Gasteiger partial charge in [-0.2, -0.15) is 0 Å². The number of nitrogens with zero attached hydrogens (tertiary/aromatic N) is 3. The van der Waals surface area contributed by atoms with Gasteiger partial charge < -0.3 is 8.98 Å². The van der Waals surface area contributed by atoms with Crippen molar-refractivity contribution in [3.8, 4) is 28.3 Å². The van der Waals surface area contributed by atoms with Crippen molar-refractivity contribution in [3.63, 3.8) is 0 Å². The zero-order valence-electron chi connectivity index (χ0n) is 26.8. The monoisotopic (exact) mass is 637 g/mol. The minimum absolute atomic E-state index is 0.690. The second-order valence-corrected chi connectivity index (χ2v) is 12.9. The first-order valence-electron chi connectivity index (χ1n) is 16.9. The Morgan fingerprint density at radius 1 is 0.460 bits per heavy atom. The molecule has 0 atom stereocenters. The molecular weight excluding hydrogens is 611 g/mol. The fourth-order valence-corrected chi connectivity index (χ4v) is 8.01. The minimum Gasteiger partial charge on any atom is -0.454 e. The van der Waals surface area contributed by atoms with Crippen LogP contribution in [-0.4, -0.2) is 14.5 Å². The van der Waals surface area contributed by atoms with Crippen LogP contribution < -0.4 is 0 Å². The van der Waals surface area contributed by atoms with Crippen LogP contribution in [-0.2, 0) is 0 Å². The molecule has 0 amide bonds. The highest BCUT2D eigenvalue weighted by molar-refractivity contribution is 6.37. The molecule has 50 heavy (non-hydrogen) atoms. The third kappa shape index (κ3) is 3.81. The second kappa shape index (κ2) is 10.4. The van der Waals surface area contributed by atoms with Gasteiger partial charge in [0.25, 0.3) is 0 Å². The first kappa shape index (κ1) is 27.2. The molecule has 3 heterocycles. The predicted molar refractivity (Wildman–Crippen MR) is 207 cm³/mol. The maximum absolute atomic E-state index is 6.86. The van der Waals surface area contributed by atoms with Gasteiger partial charge in [-0.3, -0.25) is 0 Å². The fraction of sp³-hybridized carbons (Fsp3) is 0. The molecule has 0 aliphatic rings. The first-order valence-corrected chi connectivity index (χ1v) is 16.9. The summed E-state index contributed by atoms with van der Waals surface area (Å²) in [5, 5.41) is 10.5. The summed E-state index contributed by atoms with van der Waals surface area (Å²) >= 11 is 0. The lowest BCUT2D eigenvalue weighted by Crippen LogP contribution is -1.98. The molecule has 4 nitrogen and oxygen atoms in total. The van der Waals surface area contributed by atoms with E-state index in [-0.39, 0.29) is 0 Å². The summed E-state index contributed by atoms with van der Waals surface area (Å²) in [6.45, 7) is 0. The summed E-state index contributed by atoms with van der Waals surface area (Å²) in [5.74, 6) is 0.690. The molecule has 3 aromatic heterocycles. The Balaban J connectivity index is 1.28. The van der Waals surface area contributed by atoms with Crippen LogP contribution >= 0.6 is 0 Å². The van der Waals surface area contributed by atoms with Gasteiger partial charge in [0.15, 0.2) is 11.4 Å². The molecule has 232 valence electrons. The van der Waals surface area contributed by atoms with Gasteiger partial charge in [-0.05, 0) is 51.9 Å². The predicted octanol–water partition coefficient (Wildman–Crippen LogP) is 12.3. The molecule has 0 saturated heterocycles. The number of hydrogen-bond donors (Lipinski definition) is 0. The van der Waals surface area contributed by atoms with E-state index in [9.17, 15) is 0 Å². The van der Waals surface area contributed by atoms with Crippen LogP contribution in [0.3, 0.4) is 0 Å². The van der Waals surface area contributed by atoms with E-state index >= 15 is 0 Å². The third-order valence-corrected chi connectivity index (χ3v) is 10.1. The zero-order valence-corrected chi connectivity index (χ0v) is 26.8. The normalized spacial score (nSPS) is 12.0. The number of benzene rings is 8. The number of rotatable bonds is 3. The maximum atomic E-state index is 6.86. The van der Waals surface area contributed by atoms with Crippen LogP contribution in [0.25, 0.3) is 105 Å². The molecule has 0 aliphatic carbocycles. The molecule has 0 aliphatic heterocycles. The topological polar surface area (TPSA) is 43.9 Å². The number of furan rings is 1. The van der Waals surface area contributed by atoms with Crippen molar-refractivity contribution in [1.82, 2.24) is 14.5 Å². The Morgan fingerprint density at radius 2 is 1.14 bits per heavy atom. The molecule has 11 rings (SSSR count). The summed E-state index contributed by atoms with van der Waals surface area (Å²) < 4.78 is 9.25. The van der Waals surface area contributed by atoms with Crippen LogP contribution in [0.15, 0.2) is 168 Å². The quantitative estimate of drug-likeness (QED) is 0.194. The van der Waals surface area contributed by atoms with Gasteiger partial charge in [0.2, 0.25) is 0 Å². The number of aromatic nitrogens is 3. The van der Waals surface area contributed by atoms with E-state index in [1.165, 1.54) is 32.3 Å². The standard InChI is InChI=1S/C46H27N3O/c1-2-14-29(15-3-1)43-35-21-8-10-23-37(35)47-46(48-43)30-16-12-17-31(27-30)49-38-26-25-28-13-4-5-18-32(28)41(38)42-34-20-7-6-19-33(34)40-36-22-9-11-24-39(36)50-45(40)44(42)49/h1-27H. The Kier molecular flexibility index (Phi) is 5.63. The molecule has 0 unspecified atom stereocenters. The van der Waals surface area contributed by atoms with Crippen LogP contribution in [0.2, 0.25) is 0 Å². The molecule has 0 bridgehead atoms. The van der Waals surface area contributed by atoms with Crippen LogP contribution in [0.1, 0.15) is 0 Å². The number of fused-ring (bicyclic) bond motifs is 13. The molecular formula is C46H27N3O. The maximum Gasteiger partial charge on any atom is 0.160 e. The van der Waals surface area contributed by atoms with E-state index in [2.05, 4.69) is 144 Å². The Labute approximate surface area is 286 Å². The van der Waals surface area contributed by atoms with Crippen molar-refractivity contribution in [2.45, 2.75) is 0 Å². The van der Waals surface area contributed by atoms with Crippen molar-refractivity contribution in [2.24, 2.45) is 0 Å². The van der Waals surface area contributed by atoms with E-state index in [4.69, 9.17) is 14.4 Å². The van der Waals surface area contributed by atoms with Gasteiger partial charge >= 0.3 is 0 Å². The molecule has 11 aromatic rings. The summed E-state index contributed by atoms with van der Waals surface area (Å²) in [6.07, 6.45) is 0. The largest absolute Gasteiger partial charge is 0.454 e. The number of para-hydroxylation sites is 2. The zero-order chi connectivity index (χ0) is 32.8. The Bertz CT molecular complexity index is 3150. The highest BCUT2D eigenvalue weighted by Crippen LogP contribution is 2.47. The average molecular weight is 638 g/mol. The number of hydrogen-bond acceptors (Lipinski definition) is 3. The van der Waals surface area contributed by atoms with E-state index in [0.717, 1.165) is 66.4 Å². The van der Waals surface area contributed by atoms with Crippen molar-refractivity contribution < 1.29 is 4.42 Å². The van der Waals surface area contributed by atoms with Crippen molar-refractivity contribution in [2.75, 3.05) is 0 Å². The molecule has 0 N–H and O–H groups in total.